The van der Waals surface area contributed by atoms with Crippen molar-refractivity contribution in [2.45, 2.75) is 26.8 Å². The zero-order valence-corrected chi connectivity index (χ0v) is 12.4. The van der Waals surface area contributed by atoms with Crippen LogP contribution in [0, 0.1) is 6.92 Å². The zero-order chi connectivity index (χ0) is 13.0. The summed E-state index contributed by atoms with van der Waals surface area (Å²) < 4.78 is 1.15. The van der Waals surface area contributed by atoms with Gasteiger partial charge in [-0.2, -0.15) is 0 Å². The van der Waals surface area contributed by atoms with Gasteiger partial charge in [-0.25, -0.2) is 0 Å². The minimum atomic E-state index is 0.875. The van der Waals surface area contributed by atoms with Crippen molar-refractivity contribution in [1.82, 2.24) is 0 Å². The van der Waals surface area contributed by atoms with E-state index in [0.717, 1.165) is 23.1 Å². The number of anilines is 1. The summed E-state index contributed by atoms with van der Waals surface area (Å²) >= 11 is 3.56. The van der Waals surface area contributed by atoms with E-state index < -0.39 is 0 Å². The van der Waals surface area contributed by atoms with Crippen molar-refractivity contribution in [2.24, 2.45) is 0 Å². The first kappa shape index (κ1) is 13.2. The van der Waals surface area contributed by atoms with E-state index in [4.69, 9.17) is 0 Å². The summed E-state index contributed by atoms with van der Waals surface area (Å²) in [6.45, 7) is 5.17. The molecule has 0 saturated heterocycles. The van der Waals surface area contributed by atoms with E-state index in [1.54, 1.807) is 0 Å². The Morgan fingerprint density at radius 3 is 2.44 bits per heavy atom. The summed E-state index contributed by atoms with van der Waals surface area (Å²) in [6.07, 6.45) is 1.08. The highest BCUT2D eigenvalue weighted by atomic mass is 79.9. The van der Waals surface area contributed by atoms with Gasteiger partial charge in [0.1, 0.15) is 0 Å². The first-order chi connectivity index (χ1) is 8.70. The van der Waals surface area contributed by atoms with E-state index >= 15 is 0 Å². The summed E-state index contributed by atoms with van der Waals surface area (Å²) in [5.74, 6) is 0. The molecule has 0 aromatic heterocycles. The average Bonchev–Trinajstić information content (AvgIpc) is 2.40. The summed E-state index contributed by atoms with van der Waals surface area (Å²) in [4.78, 5) is 0. The minimum Gasteiger partial charge on any atom is -0.381 e. The minimum absolute atomic E-state index is 0.875. The normalized spacial score (nSPS) is 10.4. The topological polar surface area (TPSA) is 12.0 Å². The fourth-order valence-corrected chi connectivity index (χ4v) is 2.35. The summed E-state index contributed by atoms with van der Waals surface area (Å²) in [7, 11) is 0. The van der Waals surface area contributed by atoms with Gasteiger partial charge in [0.25, 0.3) is 0 Å². The quantitative estimate of drug-likeness (QED) is 0.844. The largest absolute Gasteiger partial charge is 0.381 e. The highest BCUT2D eigenvalue weighted by molar-refractivity contribution is 9.10. The Kier molecular flexibility index (Phi) is 4.43. The van der Waals surface area contributed by atoms with Crippen LogP contribution in [0.5, 0.6) is 0 Å². The molecule has 0 saturated carbocycles. The second-order valence-electron chi connectivity index (χ2n) is 4.44. The van der Waals surface area contributed by atoms with Gasteiger partial charge in [-0.3, -0.25) is 0 Å². The number of rotatable bonds is 4. The van der Waals surface area contributed by atoms with E-state index in [1.807, 2.05) is 0 Å². The third-order valence-corrected chi connectivity index (χ3v) is 4.01. The van der Waals surface area contributed by atoms with Crippen LogP contribution >= 0.6 is 15.9 Å². The molecule has 94 valence electrons. The molecular formula is C16H18BrN. The van der Waals surface area contributed by atoms with Crippen LogP contribution in [0.3, 0.4) is 0 Å². The molecule has 2 rings (SSSR count). The molecule has 0 fully saturated rings. The molecule has 0 unspecified atom stereocenters. The Morgan fingerprint density at radius 1 is 1.06 bits per heavy atom. The van der Waals surface area contributed by atoms with Gasteiger partial charge >= 0.3 is 0 Å². The van der Waals surface area contributed by atoms with Gasteiger partial charge in [0.15, 0.2) is 0 Å². The van der Waals surface area contributed by atoms with Crippen molar-refractivity contribution in [3.05, 3.63) is 63.6 Å². The molecule has 0 aliphatic heterocycles. The summed E-state index contributed by atoms with van der Waals surface area (Å²) in [6, 6.07) is 15.0. The van der Waals surface area contributed by atoms with Gasteiger partial charge in [0, 0.05) is 16.7 Å². The third kappa shape index (κ3) is 3.14. The van der Waals surface area contributed by atoms with Crippen LogP contribution in [0.25, 0.3) is 0 Å². The molecule has 0 spiro atoms. The Bertz CT molecular complexity index is 534. The van der Waals surface area contributed by atoms with Crippen LogP contribution in [0.1, 0.15) is 23.6 Å². The number of nitrogens with one attached hydrogen (secondary N) is 1. The zero-order valence-electron chi connectivity index (χ0n) is 10.8. The number of benzene rings is 2. The lowest BCUT2D eigenvalue weighted by molar-refractivity contribution is 1.04. The lowest BCUT2D eigenvalue weighted by Gasteiger charge is -2.11. The molecule has 0 bridgehead atoms. The molecule has 0 aliphatic carbocycles. The Morgan fingerprint density at radius 2 is 1.78 bits per heavy atom. The van der Waals surface area contributed by atoms with E-state index in [-0.39, 0.29) is 0 Å². The van der Waals surface area contributed by atoms with Gasteiger partial charge in [-0.1, -0.05) is 53.2 Å². The predicted molar refractivity (Wildman–Crippen MR) is 82.0 cm³/mol. The molecular weight excluding hydrogens is 286 g/mol. The van der Waals surface area contributed by atoms with Gasteiger partial charge in [-0.15, -0.1) is 0 Å². The molecule has 2 heteroatoms. The molecule has 0 radical (unpaired) electrons. The summed E-state index contributed by atoms with van der Waals surface area (Å²) in [5, 5.41) is 3.47. The standard InChI is InChI=1S/C16H18BrN/c1-3-13-6-4-5-7-14(13)11-18-15-9-8-12(2)16(17)10-15/h4-10,18H,3,11H2,1-2H3. The number of aryl methyl sites for hydroxylation is 2. The predicted octanol–water partition coefficient (Wildman–Crippen LogP) is 4.93. The first-order valence-corrected chi connectivity index (χ1v) is 7.07. The fraction of sp³-hybridized carbons (Fsp3) is 0.250. The van der Waals surface area contributed by atoms with Gasteiger partial charge in [-0.05, 0) is 42.2 Å². The van der Waals surface area contributed by atoms with Crippen LogP contribution in [0.2, 0.25) is 0 Å². The van der Waals surface area contributed by atoms with Crippen molar-refractivity contribution in [3.63, 3.8) is 0 Å². The number of hydrogen-bond acceptors (Lipinski definition) is 1. The molecule has 0 heterocycles. The smallest absolute Gasteiger partial charge is 0.0403 e. The Hall–Kier alpha value is -1.28. The van der Waals surface area contributed by atoms with Crippen molar-refractivity contribution in [1.29, 1.82) is 0 Å². The Balaban J connectivity index is 2.09. The molecule has 18 heavy (non-hydrogen) atoms. The maximum atomic E-state index is 3.56. The van der Waals surface area contributed by atoms with Crippen molar-refractivity contribution >= 4 is 21.6 Å². The van der Waals surface area contributed by atoms with Crippen LogP contribution in [-0.2, 0) is 13.0 Å². The van der Waals surface area contributed by atoms with E-state index in [2.05, 4.69) is 77.6 Å². The number of halogens is 1. The second kappa shape index (κ2) is 6.05. The average molecular weight is 304 g/mol. The van der Waals surface area contributed by atoms with Crippen molar-refractivity contribution in [3.8, 4) is 0 Å². The lowest BCUT2D eigenvalue weighted by Crippen LogP contribution is -2.02. The molecule has 1 N–H and O–H groups in total. The van der Waals surface area contributed by atoms with Crippen LogP contribution in [-0.4, -0.2) is 0 Å². The van der Waals surface area contributed by atoms with E-state index in [0.29, 0.717) is 0 Å². The molecule has 0 aliphatic rings. The summed E-state index contributed by atoms with van der Waals surface area (Å²) in [5.41, 5.74) is 5.20. The van der Waals surface area contributed by atoms with Crippen LogP contribution in [0.4, 0.5) is 5.69 Å². The molecule has 0 atom stereocenters. The monoisotopic (exact) mass is 303 g/mol. The third-order valence-electron chi connectivity index (χ3n) is 3.15. The van der Waals surface area contributed by atoms with E-state index in [1.165, 1.54) is 16.7 Å². The first-order valence-electron chi connectivity index (χ1n) is 6.27. The maximum absolute atomic E-state index is 3.56. The second-order valence-corrected chi connectivity index (χ2v) is 5.29. The number of hydrogen-bond donors (Lipinski definition) is 1. The SMILES string of the molecule is CCc1ccccc1CNc1ccc(C)c(Br)c1. The maximum Gasteiger partial charge on any atom is 0.0403 e. The van der Waals surface area contributed by atoms with Gasteiger partial charge in [0.2, 0.25) is 0 Å². The lowest BCUT2D eigenvalue weighted by atomic mass is 10.1. The van der Waals surface area contributed by atoms with Gasteiger partial charge in [0.05, 0.1) is 0 Å². The van der Waals surface area contributed by atoms with Crippen LogP contribution < -0.4 is 5.32 Å². The van der Waals surface area contributed by atoms with Crippen molar-refractivity contribution in [2.75, 3.05) is 5.32 Å². The molecule has 2 aromatic rings. The van der Waals surface area contributed by atoms with Crippen LogP contribution in [0.15, 0.2) is 46.9 Å². The van der Waals surface area contributed by atoms with Crippen molar-refractivity contribution < 1.29 is 0 Å². The highest BCUT2D eigenvalue weighted by Crippen LogP contribution is 2.21. The molecule has 2 aromatic carbocycles. The Labute approximate surface area is 117 Å². The molecule has 1 nitrogen and oxygen atoms in total. The fourth-order valence-electron chi connectivity index (χ4n) is 1.97. The van der Waals surface area contributed by atoms with Gasteiger partial charge < -0.3 is 5.32 Å². The highest BCUT2D eigenvalue weighted by Gasteiger charge is 2.01. The molecule has 0 amide bonds. The van der Waals surface area contributed by atoms with E-state index in [9.17, 15) is 0 Å².